The zero-order chi connectivity index (χ0) is 19.4. The molecule has 0 spiro atoms. The Morgan fingerprint density at radius 3 is 2.59 bits per heavy atom. The van der Waals surface area contributed by atoms with Gasteiger partial charge in [0.15, 0.2) is 5.76 Å². The second kappa shape index (κ2) is 8.35. The van der Waals surface area contributed by atoms with Crippen LogP contribution in [0.25, 0.3) is 0 Å². The van der Waals surface area contributed by atoms with E-state index < -0.39 is 0 Å². The van der Waals surface area contributed by atoms with Gasteiger partial charge in [-0.3, -0.25) is 4.79 Å². The van der Waals surface area contributed by atoms with Crippen LogP contribution in [0, 0.1) is 11.6 Å². The molecule has 3 rings (SSSR count). The van der Waals surface area contributed by atoms with E-state index in [1.54, 1.807) is 31.3 Å². The van der Waals surface area contributed by atoms with Crippen molar-refractivity contribution in [3.63, 3.8) is 0 Å². The molecular formula is C20H16BrF2NO3. The summed E-state index contributed by atoms with van der Waals surface area (Å²) in [6.45, 7) is 0.203. The molecule has 2 aromatic carbocycles. The van der Waals surface area contributed by atoms with E-state index in [1.807, 2.05) is 0 Å². The minimum atomic E-state index is -0.384. The van der Waals surface area contributed by atoms with Crippen molar-refractivity contribution >= 4 is 21.8 Å². The average Bonchev–Trinajstić information content (AvgIpc) is 3.12. The van der Waals surface area contributed by atoms with Gasteiger partial charge in [0.2, 0.25) is 0 Å². The summed E-state index contributed by atoms with van der Waals surface area (Å²) in [6, 6.07) is 13.3. The summed E-state index contributed by atoms with van der Waals surface area (Å²) in [5.74, 6) is -0.0375. The van der Waals surface area contributed by atoms with Gasteiger partial charge in [0.05, 0.1) is 0 Å². The Hall–Kier alpha value is -2.67. The third-order valence-electron chi connectivity index (χ3n) is 3.83. The highest BCUT2D eigenvalue weighted by Crippen LogP contribution is 2.19. The van der Waals surface area contributed by atoms with Crippen LogP contribution in [0.5, 0.6) is 5.75 Å². The van der Waals surface area contributed by atoms with Gasteiger partial charge in [-0.25, -0.2) is 8.78 Å². The van der Waals surface area contributed by atoms with E-state index in [0.29, 0.717) is 17.1 Å². The van der Waals surface area contributed by atoms with E-state index in [2.05, 4.69) is 15.9 Å². The zero-order valence-electron chi connectivity index (χ0n) is 14.4. The van der Waals surface area contributed by atoms with Crippen molar-refractivity contribution in [3.8, 4) is 5.75 Å². The summed E-state index contributed by atoms with van der Waals surface area (Å²) >= 11 is 3.29. The maximum absolute atomic E-state index is 13.9. The molecule has 0 unspecified atom stereocenters. The molecule has 1 amide bonds. The van der Waals surface area contributed by atoms with Gasteiger partial charge >= 0.3 is 0 Å². The van der Waals surface area contributed by atoms with Gasteiger partial charge in [-0.2, -0.15) is 0 Å². The van der Waals surface area contributed by atoms with Gasteiger partial charge < -0.3 is 14.1 Å². The Morgan fingerprint density at radius 2 is 1.85 bits per heavy atom. The molecule has 0 aliphatic heterocycles. The summed E-state index contributed by atoms with van der Waals surface area (Å²) < 4.78 is 38.5. The highest BCUT2D eigenvalue weighted by Gasteiger charge is 2.18. The number of ether oxygens (including phenoxy) is 1. The van der Waals surface area contributed by atoms with E-state index in [1.165, 1.54) is 35.2 Å². The second-order valence-electron chi connectivity index (χ2n) is 5.91. The van der Waals surface area contributed by atoms with Crippen LogP contribution in [0.15, 0.2) is 63.5 Å². The molecule has 0 bridgehead atoms. The highest BCUT2D eigenvalue weighted by atomic mass is 79.9. The molecule has 4 nitrogen and oxygen atoms in total. The fourth-order valence-electron chi connectivity index (χ4n) is 2.44. The van der Waals surface area contributed by atoms with Gasteiger partial charge in [-0.05, 0) is 54.6 Å². The first-order chi connectivity index (χ1) is 12.9. The molecule has 1 aromatic heterocycles. The van der Waals surface area contributed by atoms with Gasteiger partial charge in [0.25, 0.3) is 5.91 Å². The van der Waals surface area contributed by atoms with Crippen LogP contribution < -0.4 is 4.74 Å². The van der Waals surface area contributed by atoms with Crippen molar-refractivity contribution < 1.29 is 22.7 Å². The number of rotatable bonds is 6. The zero-order valence-corrected chi connectivity index (χ0v) is 16.0. The number of amides is 1. The fourth-order valence-corrected chi connectivity index (χ4v) is 2.84. The predicted molar refractivity (Wildman–Crippen MR) is 99.3 cm³/mol. The van der Waals surface area contributed by atoms with Crippen LogP contribution in [0.4, 0.5) is 8.78 Å². The number of nitrogens with zero attached hydrogens (tertiary/aromatic N) is 1. The number of benzene rings is 2. The van der Waals surface area contributed by atoms with Crippen molar-refractivity contribution in [2.45, 2.75) is 13.2 Å². The molecule has 0 fully saturated rings. The monoisotopic (exact) mass is 435 g/mol. The maximum Gasteiger partial charge on any atom is 0.289 e. The molecule has 3 aromatic rings. The average molecular weight is 436 g/mol. The number of carbonyl (C=O) groups is 1. The van der Waals surface area contributed by atoms with Gasteiger partial charge in [-0.15, -0.1) is 0 Å². The molecular weight excluding hydrogens is 420 g/mol. The summed E-state index contributed by atoms with van der Waals surface area (Å²) in [5.41, 5.74) is 0.395. The van der Waals surface area contributed by atoms with Crippen molar-refractivity contribution in [2.75, 3.05) is 7.05 Å². The van der Waals surface area contributed by atoms with Gasteiger partial charge in [0, 0.05) is 23.6 Å². The van der Waals surface area contributed by atoms with Gasteiger partial charge in [0.1, 0.15) is 29.8 Å². The first-order valence-corrected chi connectivity index (χ1v) is 8.88. The highest BCUT2D eigenvalue weighted by molar-refractivity contribution is 9.10. The number of hydrogen-bond donors (Lipinski definition) is 0. The Bertz CT molecular complexity index is 941. The standard InChI is InChI=1S/C20H16BrF2NO3/c1-24(11-13-10-14(21)2-8-18(13)23)20(25)19-9-7-17(27-19)12-26-16-5-3-15(22)4-6-16/h2-10H,11-12H2,1H3. The largest absolute Gasteiger partial charge is 0.486 e. The molecule has 0 radical (unpaired) electrons. The summed E-state index contributed by atoms with van der Waals surface area (Å²) in [5, 5.41) is 0. The van der Waals surface area contributed by atoms with Crippen molar-refractivity contribution in [3.05, 3.63) is 87.8 Å². The van der Waals surface area contributed by atoms with Crippen LogP contribution >= 0.6 is 15.9 Å². The topological polar surface area (TPSA) is 42.7 Å². The van der Waals surface area contributed by atoms with Gasteiger partial charge in [-0.1, -0.05) is 15.9 Å². The van der Waals surface area contributed by atoms with Crippen LogP contribution in [0.3, 0.4) is 0 Å². The third-order valence-corrected chi connectivity index (χ3v) is 4.32. The minimum Gasteiger partial charge on any atom is -0.486 e. The first-order valence-electron chi connectivity index (χ1n) is 8.09. The molecule has 0 aliphatic carbocycles. The smallest absolute Gasteiger partial charge is 0.289 e. The normalized spacial score (nSPS) is 10.7. The minimum absolute atomic E-state index is 0.100. The summed E-state index contributed by atoms with van der Waals surface area (Å²) in [6.07, 6.45) is 0. The lowest BCUT2D eigenvalue weighted by Gasteiger charge is -2.16. The van der Waals surface area contributed by atoms with Crippen molar-refractivity contribution in [1.82, 2.24) is 4.90 Å². The number of carbonyl (C=O) groups excluding carboxylic acids is 1. The Balaban J connectivity index is 1.61. The van der Waals surface area contributed by atoms with Crippen LogP contribution in [0.2, 0.25) is 0 Å². The Kier molecular flexibility index (Phi) is 5.91. The van der Waals surface area contributed by atoms with E-state index in [4.69, 9.17) is 9.15 Å². The summed E-state index contributed by atoms with van der Waals surface area (Å²) in [4.78, 5) is 13.9. The van der Waals surface area contributed by atoms with E-state index >= 15 is 0 Å². The molecule has 140 valence electrons. The number of halogens is 3. The molecule has 0 saturated carbocycles. The van der Waals surface area contributed by atoms with E-state index in [9.17, 15) is 13.6 Å². The van der Waals surface area contributed by atoms with E-state index in [0.717, 1.165) is 4.47 Å². The predicted octanol–water partition coefficient (Wildman–Crippen LogP) is 5.17. The molecule has 0 saturated heterocycles. The Labute approximate surface area is 163 Å². The van der Waals surface area contributed by atoms with Crippen LogP contribution in [-0.4, -0.2) is 17.9 Å². The third kappa shape index (κ3) is 4.95. The number of furan rings is 1. The van der Waals surface area contributed by atoms with Crippen molar-refractivity contribution in [1.29, 1.82) is 0 Å². The first kappa shape index (κ1) is 19.1. The van der Waals surface area contributed by atoms with Crippen LogP contribution in [-0.2, 0) is 13.2 Å². The SMILES string of the molecule is CN(Cc1cc(Br)ccc1F)C(=O)c1ccc(COc2ccc(F)cc2)o1. The van der Waals surface area contributed by atoms with Crippen molar-refractivity contribution in [2.24, 2.45) is 0 Å². The molecule has 1 heterocycles. The second-order valence-corrected chi connectivity index (χ2v) is 6.82. The lowest BCUT2D eigenvalue weighted by Crippen LogP contribution is -2.26. The molecule has 0 aliphatic rings. The lowest BCUT2D eigenvalue weighted by atomic mass is 10.2. The summed E-state index contributed by atoms with van der Waals surface area (Å²) in [7, 11) is 1.57. The van der Waals surface area contributed by atoms with Crippen LogP contribution in [0.1, 0.15) is 21.9 Å². The molecule has 7 heteroatoms. The Morgan fingerprint density at radius 1 is 1.11 bits per heavy atom. The lowest BCUT2D eigenvalue weighted by molar-refractivity contribution is 0.0748. The molecule has 0 N–H and O–H groups in total. The fraction of sp³-hybridized carbons (Fsp3) is 0.150. The maximum atomic E-state index is 13.9. The number of hydrogen-bond acceptors (Lipinski definition) is 3. The molecule has 27 heavy (non-hydrogen) atoms. The van der Waals surface area contributed by atoms with E-state index in [-0.39, 0.29) is 36.5 Å². The quantitative estimate of drug-likeness (QED) is 0.536. The molecule has 0 atom stereocenters.